The van der Waals surface area contributed by atoms with Crippen LogP contribution in [0.1, 0.15) is 11.1 Å². The van der Waals surface area contributed by atoms with Crippen LogP contribution in [0.2, 0.25) is 10.3 Å². The van der Waals surface area contributed by atoms with Gasteiger partial charge in [0.1, 0.15) is 5.75 Å². The monoisotopic (exact) mass is 268 g/mol. The molecule has 0 bridgehead atoms. The molecule has 0 saturated heterocycles. The molecule has 0 saturated carbocycles. The van der Waals surface area contributed by atoms with Gasteiger partial charge in [-0.05, 0) is 31.0 Å². The molecule has 88 valence electrons. The minimum Gasteiger partial charge on any atom is -0.454 e. The SMILES string of the molecule is Cc1ccc(C)c(Oc2cc(Cl)nnc2Cl)c1. The normalized spacial score (nSPS) is 10.4. The number of aryl methyl sites for hydroxylation is 2. The summed E-state index contributed by atoms with van der Waals surface area (Å²) in [7, 11) is 0. The van der Waals surface area contributed by atoms with E-state index in [4.69, 9.17) is 27.9 Å². The minimum atomic E-state index is 0.190. The summed E-state index contributed by atoms with van der Waals surface area (Å²) < 4.78 is 5.68. The molecule has 0 aliphatic heterocycles. The Hall–Kier alpha value is -1.32. The van der Waals surface area contributed by atoms with Gasteiger partial charge in [0.05, 0.1) is 0 Å². The summed E-state index contributed by atoms with van der Waals surface area (Å²) in [5, 5.41) is 7.75. The Bertz CT molecular complexity index is 509. The molecule has 0 radical (unpaired) electrons. The van der Waals surface area contributed by atoms with Crippen LogP contribution in [-0.4, -0.2) is 10.2 Å². The van der Waals surface area contributed by atoms with Gasteiger partial charge in [0.25, 0.3) is 0 Å². The number of nitrogens with zero attached hydrogens (tertiary/aromatic N) is 2. The van der Waals surface area contributed by atoms with Crippen molar-refractivity contribution in [1.82, 2.24) is 10.2 Å². The highest BCUT2D eigenvalue weighted by molar-refractivity contribution is 6.32. The minimum absolute atomic E-state index is 0.190. The van der Waals surface area contributed by atoms with Crippen molar-refractivity contribution in [2.24, 2.45) is 0 Å². The molecule has 1 heterocycles. The fraction of sp³-hybridized carbons (Fsp3) is 0.167. The second-order valence-corrected chi connectivity index (χ2v) is 4.44. The van der Waals surface area contributed by atoms with Gasteiger partial charge in [-0.3, -0.25) is 0 Å². The first-order valence-electron chi connectivity index (χ1n) is 5.00. The van der Waals surface area contributed by atoms with Crippen LogP contribution in [0.25, 0.3) is 0 Å². The number of benzene rings is 1. The van der Waals surface area contributed by atoms with Crippen molar-refractivity contribution < 1.29 is 4.74 Å². The van der Waals surface area contributed by atoms with Gasteiger partial charge in [0, 0.05) is 6.07 Å². The molecule has 0 N–H and O–H groups in total. The summed E-state index contributed by atoms with van der Waals surface area (Å²) in [6.45, 7) is 3.95. The standard InChI is InChI=1S/C12H10Cl2N2O/c1-7-3-4-8(2)9(5-7)17-10-6-11(13)15-16-12(10)14/h3-6H,1-2H3. The molecule has 17 heavy (non-hydrogen) atoms. The van der Waals surface area contributed by atoms with E-state index in [1.54, 1.807) is 6.07 Å². The van der Waals surface area contributed by atoms with Crippen LogP contribution in [0.5, 0.6) is 11.5 Å². The summed E-state index contributed by atoms with van der Waals surface area (Å²) in [6.07, 6.45) is 0. The van der Waals surface area contributed by atoms with E-state index in [9.17, 15) is 0 Å². The topological polar surface area (TPSA) is 35.0 Å². The number of hydrogen-bond donors (Lipinski definition) is 0. The zero-order chi connectivity index (χ0) is 12.4. The van der Waals surface area contributed by atoms with Gasteiger partial charge in [-0.2, -0.15) is 0 Å². The Morgan fingerprint density at radius 1 is 1.00 bits per heavy atom. The summed E-state index contributed by atoms with van der Waals surface area (Å²) in [5.41, 5.74) is 2.12. The molecular formula is C12H10Cl2N2O. The van der Waals surface area contributed by atoms with Crippen LogP contribution in [0.3, 0.4) is 0 Å². The number of halogens is 2. The van der Waals surface area contributed by atoms with Crippen LogP contribution in [-0.2, 0) is 0 Å². The molecular weight excluding hydrogens is 259 g/mol. The van der Waals surface area contributed by atoms with Crippen molar-refractivity contribution in [3.05, 3.63) is 45.7 Å². The molecule has 0 spiro atoms. The molecule has 3 nitrogen and oxygen atoms in total. The molecule has 0 fully saturated rings. The molecule has 1 aromatic heterocycles. The number of aromatic nitrogens is 2. The van der Waals surface area contributed by atoms with E-state index in [1.807, 2.05) is 32.0 Å². The number of ether oxygens (including phenoxy) is 1. The highest BCUT2D eigenvalue weighted by Gasteiger charge is 2.08. The van der Waals surface area contributed by atoms with Gasteiger partial charge in [-0.15, -0.1) is 10.2 Å². The van der Waals surface area contributed by atoms with Gasteiger partial charge < -0.3 is 4.74 Å². The Labute approximate surface area is 109 Å². The zero-order valence-electron chi connectivity index (χ0n) is 9.37. The molecule has 0 amide bonds. The maximum atomic E-state index is 5.88. The van der Waals surface area contributed by atoms with Gasteiger partial charge in [0.15, 0.2) is 16.1 Å². The van der Waals surface area contributed by atoms with E-state index in [1.165, 1.54) is 0 Å². The summed E-state index contributed by atoms with van der Waals surface area (Å²) in [4.78, 5) is 0. The molecule has 1 aromatic carbocycles. The fourth-order valence-corrected chi connectivity index (χ4v) is 1.61. The highest BCUT2D eigenvalue weighted by Crippen LogP contribution is 2.31. The Morgan fingerprint density at radius 2 is 1.76 bits per heavy atom. The fourth-order valence-electron chi connectivity index (χ4n) is 1.34. The third-order valence-corrected chi connectivity index (χ3v) is 2.70. The van der Waals surface area contributed by atoms with Gasteiger partial charge in [0.2, 0.25) is 0 Å². The smallest absolute Gasteiger partial charge is 0.194 e. The average Bonchev–Trinajstić information content (AvgIpc) is 2.28. The maximum absolute atomic E-state index is 5.88. The zero-order valence-corrected chi connectivity index (χ0v) is 10.9. The van der Waals surface area contributed by atoms with Crippen LogP contribution in [0.4, 0.5) is 0 Å². The van der Waals surface area contributed by atoms with Crippen molar-refractivity contribution in [1.29, 1.82) is 0 Å². The van der Waals surface area contributed by atoms with Crippen molar-refractivity contribution in [2.45, 2.75) is 13.8 Å². The summed E-state index contributed by atoms with van der Waals surface area (Å²) >= 11 is 11.6. The molecule has 0 aliphatic rings. The van der Waals surface area contributed by atoms with Gasteiger partial charge in [-0.1, -0.05) is 35.3 Å². The first kappa shape index (κ1) is 12.1. The molecule has 2 rings (SSSR count). The first-order valence-corrected chi connectivity index (χ1v) is 5.75. The lowest BCUT2D eigenvalue weighted by atomic mass is 10.1. The van der Waals surface area contributed by atoms with Gasteiger partial charge >= 0.3 is 0 Å². The van der Waals surface area contributed by atoms with Crippen LogP contribution in [0, 0.1) is 13.8 Å². The second kappa shape index (κ2) is 4.90. The quantitative estimate of drug-likeness (QED) is 0.819. The van der Waals surface area contributed by atoms with Crippen LogP contribution >= 0.6 is 23.2 Å². The van der Waals surface area contributed by atoms with E-state index in [-0.39, 0.29) is 10.3 Å². The molecule has 5 heteroatoms. The summed E-state index contributed by atoms with van der Waals surface area (Å²) in [6, 6.07) is 7.47. The second-order valence-electron chi connectivity index (χ2n) is 3.69. The Balaban J connectivity index is 2.37. The molecule has 0 aliphatic carbocycles. The Kier molecular flexibility index (Phi) is 3.50. The molecule has 2 aromatic rings. The van der Waals surface area contributed by atoms with E-state index < -0.39 is 0 Å². The predicted molar refractivity (Wildman–Crippen MR) is 68.0 cm³/mol. The lowest BCUT2D eigenvalue weighted by Gasteiger charge is -2.10. The number of hydrogen-bond acceptors (Lipinski definition) is 3. The maximum Gasteiger partial charge on any atom is 0.194 e. The lowest BCUT2D eigenvalue weighted by Crippen LogP contribution is -1.92. The molecule has 0 unspecified atom stereocenters. The highest BCUT2D eigenvalue weighted by atomic mass is 35.5. The van der Waals surface area contributed by atoms with Crippen molar-refractivity contribution in [2.75, 3.05) is 0 Å². The van der Waals surface area contributed by atoms with E-state index >= 15 is 0 Å². The Morgan fingerprint density at radius 3 is 2.53 bits per heavy atom. The van der Waals surface area contributed by atoms with Crippen LogP contribution < -0.4 is 4.74 Å². The molecule has 0 atom stereocenters. The van der Waals surface area contributed by atoms with E-state index in [2.05, 4.69) is 10.2 Å². The van der Waals surface area contributed by atoms with Crippen LogP contribution in [0.15, 0.2) is 24.3 Å². The van der Waals surface area contributed by atoms with Crippen molar-refractivity contribution in [3.63, 3.8) is 0 Å². The predicted octanol–water partition coefficient (Wildman–Crippen LogP) is 4.19. The van der Waals surface area contributed by atoms with E-state index in [0.29, 0.717) is 5.75 Å². The van der Waals surface area contributed by atoms with E-state index in [0.717, 1.165) is 16.9 Å². The number of rotatable bonds is 2. The lowest BCUT2D eigenvalue weighted by molar-refractivity contribution is 0.474. The summed E-state index contributed by atoms with van der Waals surface area (Å²) in [5.74, 6) is 1.14. The largest absolute Gasteiger partial charge is 0.454 e. The third-order valence-electron chi connectivity index (χ3n) is 2.25. The first-order chi connectivity index (χ1) is 8.06. The van der Waals surface area contributed by atoms with Crippen molar-refractivity contribution in [3.8, 4) is 11.5 Å². The third kappa shape index (κ3) is 2.87. The average molecular weight is 269 g/mol. The van der Waals surface area contributed by atoms with Crippen molar-refractivity contribution >= 4 is 23.2 Å². The van der Waals surface area contributed by atoms with Gasteiger partial charge in [-0.25, -0.2) is 0 Å².